The van der Waals surface area contributed by atoms with Gasteiger partial charge in [0, 0.05) is 16.0 Å². The Morgan fingerprint density at radius 1 is 1.18 bits per heavy atom. The molecule has 5 rings (SSSR count). The number of aromatic nitrogens is 2. The standard InChI is InChI=1S/C27H26ClN3O5S.ClH/c1-15(29)27(33)36-23(16-3-4-16)13-35-21-10-9-19(11-22(21)34-2)31-14-30-20-12-24(37-25(20)26(31)32)17-5-7-18(28)8-6-17;/h5-12,14-16,23H,3-4,13,29H2,1-2H3;1H/t15-,23-;/m0./s1. The van der Waals surface area contributed by atoms with Gasteiger partial charge in [-0.05, 0) is 61.6 Å². The number of rotatable bonds is 9. The number of carbonyl (C=O) groups excluding carboxylic acids is 1. The van der Waals surface area contributed by atoms with E-state index in [9.17, 15) is 9.59 Å². The first kappa shape index (κ1) is 27.9. The van der Waals surface area contributed by atoms with Gasteiger partial charge >= 0.3 is 5.97 Å². The van der Waals surface area contributed by atoms with Crippen molar-refractivity contribution in [1.82, 2.24) is 9.55 Å². The Labute approximate surface area is 234 Å². The second-order valence-electron chi connectivity index (χ2n) is 9.00. The third-order valence-electron chi connectivity index (χ3n) is 6.18. The summed E-state index contributed by atoms with van der Waals surface area (Å²) in [7, 11) is 1.53. The molecule has 0 amide bonds. The number of benzene rings is 2. The largest absolute Gasteiger partial charge is 0.493 e. The molecule has 0 spiro atoms. The summed E-state index contributed by atoms with van der Waals surface area (Å²) in [6, 6.07) is 13.9. The van der Waals surface area contributed by atoms with E-state index in [1.165, 1.54) is 29.3 Å². The monoisotopic (exact) mass is 575 g/mol. The first-order valence-electron chi connectivity index (χ1n) is 11.9. The van der Waals surface area contributed by atoms with Crippen LogP contribution in [0.4, 0.5) is 0 Å². The van der Waals surface area contributed by atoms with Crippen molar-refractivity contribution >= 4 is 51.5 Å². The second kappa shape index (κ2) is 11.7. The first-order chi connectivity index (χ1) is 17.8. The van der Waals surface area contributed by atoms with Crippen molar-refractivity contribution in [1.29, 1.82) is 0 Å². The number of hydrogen-bond donors (Lipinski definition) is 1. The molecule has 2 aromatic carbocycles. The highest BCUT2D eigenvalue weighted by Crippen LogP contribution is 2.36. The molecule has 1 fully saturated rings. The van der Waals surface area contributed by atoms with Crippen molar-refractivity contribution < 1.29 is 19.0 Å². The highest BCUT2D eigenvalue weighted by molar-refractivity contribution is 7.22. The van der Waals surface area contributed by atoms with E-state index in [0.29, 0.717) is 32.4 Å². The number of nitrogens with zero attached hydrogens (tertiary/aromatic N) is 2. The normalized spacial score (nSPS) is 14.4. The SMILES string of the molecule is COc1cc(-n2cnc3cc(-c4ccc(Cl)cc4)sc3c2=O)ccc1OC[C@H](OC(=O)[C@H](C)N)C1CC1.Cl. The molecular formula is C27H27Cl2N3O5S. The fourth-order valence-electron chi connectivity index (χ4n) is 3.94. The van der Waals surface area contributed by atoms with Gasteiger partial charge in [0.05, 0.1) is 18.3 Å². The Morgan fingerprint density at radius 2 is 1.92 bits per heavy atom. The Kier molecular flexibility index (Phi) is 8.62. The van der Waals surface area contributed by atoms with E-state index in [-0.39, 0.29) is 36.6 Å². The van der Waals surface area contributed by atoms with Crippen LogP contribution >= 0.6 is 35.3 Å². The van der Waals surface area contributed by atoms with Crippen LogP contribution < -0.4 is 20.8 Å². The second-order valence-corrected chi connectivity index (χ2v) is 10.5. The third-order valence-corrected chi connectivity index (χ3v) is 7.60. The van der Waals surface area contributed by atoms with E-state index < -0.39 is 12.0 Å². The van der Waals surface area contributed by atoms with Crippen molar-refractivity contribution in [2.24, 2.45) is 11.7 Å². The zero-order valence-corrected chi connectivity index (χ0v) is 23.1. The quantitative estimate of drug-likeness (QED) is 0.272. The van der Waals surface area contributed by atoms with Crippen LogP contribution in [0.25, 0.3) is 26.3 Å². The molecule has 200 valence electrons. The maximum Gasteiger partial charge on any atom is 0.323 e. The van der Waals surface area contributed by atoms with E-state index in [0.717, 1.165) is 23.3 Å². The van der Waals surface area contributed by atoms with Crippen molar-refractivity contribution in [3.8, 4) is 27.6 Å². The van der Waals surface area contributed by atoms with Crippen LogP contribution in [-0.4, -0.2) is 41.4 Å². The topological polar surface area (TPSA) is 106 Å². The molecule has 2 atom stereocenters. The van der Waals surface area contributed by atoms with E-state index in [4.69, 9.17) is 31.5 Å². The third kappa shape index (κ3) is 5.96. The Balaban J connectivity index is 0.00000336. The highest BCUT2D eigenvalue weighted by Gasteiger charge is 2.35. The van der Waals surface area contributed by atoms with Crippen molar-refractivity contribution in [3.63, 3.8) is 0 Å². The summed E-state index contributed by atoms with van der Waals surface area (Å²) in [4.78, 5) is 30.8. The predicted molar refractivity (Wildman–Crippen MR) is 151 cm³/mol. The summed E-state index contributed by atoms with van der Waals surface area (Å²) in [5.74, 6) is 0.758. The summed E-state index contributed by atoms with van der Waals surface area (Å²) in [5, 5.41) is 0.654. The minimum Gasteiger partial charge on any atom is -0.493 e. The number of thiophene rings is 1. The molecule has 0 unspecified atom stereocenters. The summed E-state index contributed by atoms with van der Waals surface area (Å²) in [6.45, 7) is 1.78. The lowest BCUT2D eigenvalue weighted by atomic mass is 10.2. The molecule has 2 heterocycles. The van der Waals surface area contributed by atoms with Crippen LogP contribution in [-0.2, 0) is 9.53 Å². The van der Waals surface area contributed by atoms with Crippen LogP contribution in [0.3, 0.4) is 0 Å². The van der Waals surface area contributed by atoms with Crippen LogP contribution in [0.1, 0.15) is 19.8 Å². The molecule has 2 aromatic heterocycles. The summed E-state index contributed by atoms with van der Waals surface area (Å²) >= 11 is 7.39. The minimum atomic E-state index is -0.690. The maximum atomic E-state index is 13.3. The Bertz CT molecular complexity index is 1500. The number of carbonyl (C=O) groups is 1. The number of esters is 1. The smallest absolute Gasteiger partial charge is 0.323 e. The molecule has 0 radical (unpaired) electrons. The number of fused-ring (bicyclic) bond motifs is 1. The molecule has 1 saturated carbocycles. The van der Waals surface area contributed by atoms with Crippen LogP contribution in [0.5, 0.6) is 11.5 Å². The van der Waals surface area contributed by atoms with Gasteiger partial charge in [-0.2, -0.15) is 0 Å². The number of hydrogen-bond acceptors (Lipinski definition) is 8. The fourth-order valence-corrected chi connectivity index (χ4v) is 5.11. The number of halogens is 2. The van der Waals surface area contributed by atoms with Gasteiger partial charge in [0.25, 0.3) is 5.56 Å². The molecule has 0 aliphatic heterocycles. The lowest BCUT2D eigenvalue weighted by Crippen LogP contribution is -2.35. The van der Waals surface area contributed by atoms with Crippen LogP contribution in [0.15, 0.2) is 59.7 Å². The molecule has 2 N–H and O–H groups in total. The van der Waals surface area contributed by atoms with Gasteiger partial charge in [-0.15, -0.1) is 23.7 Å². The molecule has 4 aromatic rings. The maximum absolute atomic E-state index is 13.3. The molecule has 0 saturated heterocycles. The highest BCUT2D eigenvalue weighted by atomic mass is 35.5. The van der Waals surface area contributed by atoms with Gasteiger partial charge in [-0.25, -0.2) is 4.98 Å². The number of nitrogens with two attached hydrogens (primary N) is 1. The Hall–Kier alpha value is -3.11. The molecule has 11 heteroatoms. The van der Waals surface area contributed by atoms with E-state index in [2.05, 4.69) is 4.98 Å². The van der Waals surface area contributed by atoms with Gasteiger partial charge in [-0.1, -0.05) is 23.7 Å². The average molecular weight is 577 g/mol. The van der Waals surface area contributed by atoms with E-state index in [1.54, 1.807) is 25.1 Å². The van der Waals surface area contributed by atoms with E-state index in [1.807, 2.05) is 30.3 Å². The molecule has 38 heavy (non-hydrogen) atoms. The average Bonchev–Trinajstić information content (AvgIpc) is 3.65. The zero-order valence-electron chi connectivity index (χ0n) is 20.8. The van der Waals surface area contributed by atoms with Gasteiger partial charge < -0.3 is 19.9 Å². The number of methoxy groups -OCH3 is 1. The minimum absolute atomic E-state index is 0. The Morgan fingerprint density at radius 3 is 2.58 bits per heavy atom. The summed E-state index contributed by atoms with van der Waals surface area (Å²) in [6.07, 6.45) is 3.11. The summed E-state index contributed by atoms with van der Waals surface area (Å²) in [5.41, 5.74) is 7.66. The van der Waals surface area contributed by atoms with Crippen LogP contribution in [0, 0.1) is 5.92 Å². The van der Waals surface area contributed by atoms with E-state index >= 15 is 0 Å². The molecule has 1 aliphatic rings. The lowest BCUT2D eigenvalue weighted by molar-refractivity contribution is -0.153. The molecule has 0 bridgehead atoms. The molecule has 8 nitrogen and oxygen atoms in total. The zero-order chi connectivity index (χ0) is 26.1. The number of ether oxygens (including phenoxy) is 3. The van der Waals surface area contributed by atoms with Crippen LogP contribution in [0.2, 0.25) is 5.02 Å². The molecular weight excluding hydrogens is 549 g/mol. The van der Waals surface area contributed by atoms with Crippen molar-refractivity contribution in [2.45, 2.75) is 31.9 Å². The van der Waals surface area contributed by atoms with Crippen molar-refractivity contribution in [3.05, 3.63) is 70.2 Å². The fraction of sp³-hybridized carbons (Fsp3) is 0.296. The van der Waals surface area contributed by atoms with Gasteiger partial charge in [0.2, 0.25) is 0 Å². The van der Waals surface area contributed by atoms with Gasteiger partial charge in [0.1, 0.15) is 29.8 Å². The lowest BCUT2D eigenvalue weighted by Gasteiger charge is -2.20. The predicted octanol–water partition coefficient (Wildman–Crippen LogP) is 5.25. The van der Waals surface area contributed by atoms with Gasteiger partial charge in [-0.3, -0.25) is 14.2 Å². The van der Waals surface area contributed by atoms with Gasteiger partial charge in [0.15, 0.2) is 11.5 Å². The first-order valence-corrected chi connectivity index (χ1v) is 13.1. The molecule has 1 aliphatic carbocycles. The summed E-state index contributed by atoms with van der Waals surface area (Å²) < 4.78 is 19.1. The van der Waals surface area contributed by atoms with Crippen molar-refractivity contribution in [2.75, 3.05) is 13.7 Å².